The first-order valence-electron chi connectivity index (χ1n) is 8.89. The van der Waals surface area contributed by atoms with Gasteiger partial charge < -0.3 is 15.8 Å². The van der Waals surface area contributed by atoms with E-state index in [4.69, 9.17) is 10.5 Å². The highest BCUT2D eigenvalue weighted by Crippen LogP contribution is 2.30. The Kier molecular flexibility index (Phi) is 7.21. The number of benzene rings is 2. The van der Waals surface area contributed by atoms with E-state index < -0.39 is 5.41 Å². The first kappa shape index (κ1) is 20.4. The maximum absolute atomic E-state index is 12.8. The molecule has 0 spiro atoms. The number of hydrogen-bond acceptors (Lipinski definition) is 3. The second-order valence-electron chi connectivity index (χ2n) is 6.78. The van der Waals surface area contributed by atoms with Gasteiger partial charge in [-0.25, -0.2) is 0 Å². The number of rotatable bonds is 5. The van der Waals surface area contributed by atoms with Gasteiger partial charge in [-0.3, -0.25) is 4.79 Å². The summed E-state index contributed by atoms with van der Waals surface area (Å²) >= 11 is 0. The van der Waals surface area contributed by atoms with Gasteiger partial charge in [0.2, 0.25) is 5.91 Å². The summed E-state index contributed by atoms with van der Waals surface area (Å²) in [5.74, 6) is 0.0398. The molecular weight excluding hydrogens is 348 g/mol. The summed E-state index contributed by atoms with van der Waals surface area (Å²) in [7, 11) is 0. The van der Waals surface area contributed by atoms with Crippen molar-refractivity contribution >= 4 is 18.3 Å². The van der Waals surface area contributed by atoms with E-state index in [2.05, 4.69) is 41.7 Å². The van der Waals surface area contributed by atoms with Crippen LogP contribution in [0.5, 0.6) is 0 Å². The molecule has 5 heteroatoms. The lowest BCUT2D eigenvalue weighted by Gasteiger charge is -2.35. The van der Waals surface area contributed by atoms with Crippen molar-refractivity contribution in [1.29, 1.82) is 0 Å². The van der Waals surface area contributed by atoms with Crippen molar-refractivity contribution in [2.45, 2.75) is 25.8 Å². The van der Waals surface area contributed by atoms with Crippen LogP contribution in [0.3, 0.4) is 0 Å². The van der Waals surface area contributed by atoms with Crippen LogP contribution in [0, 0.1) is 5.41 Å². The van der Waals surface area contributed by atoms with E-state index in [1.807, 2.05) is 25.1 Å². The molecule has 1 atom stereocenters. The number of halogens is 1. The highest BCUT2D eigenvalue weighted by Gasteiger charge is 2.39. The number of ether oxygens (including phenoxy) is 1. The van der Waals surface area contributed by atoms with Crippen LogP contribution in [0.1, 0.15) is 31.4 Å². The van der Waals surface area contributed by atoms with Crippen LogP contribution in [0.15, 0.2) is 54.6 Å². The number of nitrogens with one attached hydrogen (secondary N) is 1. The van der Waals surface area contributed by atoms with E-state index in [-0.39, 0.29) is 24.4 Å². The third-order valence-electron chi connectivity index (χ3n) is 5.19. The third-order valence-corrected chi connectivity index (χ3v) is 5.19. The molecule has 4 nitrogen and oxygen atoms in total. The number of hydrogen-bond donors (Lipinski definition) is 2. The zero-order valence-corrected chi connectivity index (χ0v) is 15.9. The molecule has 0 radical (unpaired) electrons. The molecular formula is C21H27ClN2O2. The number of carbonyl (C=O) groups is 1. The van der Waals surface area contributed by atoms with Gasteiger partial charge in [-0.2, -0.15) is 0 Å². The van der Waals surface area contributed by atoms with Gasteiger partial charge in [0.15, 0.2) is 0 Å². The first-order chi connectivity index (χ1) is 12.1. The summed E-state index contributed by atoms with van der Waals surface area (Å²) in [6.07, 6.45) is 1.38. The molecule has 1 saturated heterocycles. The molecule has 3 rings (SSSR count). The van der Waals surface area contributed by atoms with Crippen LogP contribution in [-0.4, -0.2) is 25.7 Å². The second kappa shape index (κ2) is 9.17. The monoisotopic (exact) mass is 374 g/mol. The summed E-state index contributed by atoms with van der Waals surface area (Å²) in [4.78, 5) is 12.8. The summed E-state index contributed by atoms with van der Waals surface area (Å²) in [5.41, 5.74) is 8.88. The molecule has 1 unspecified atom stereocenters. The molecule has 1 amide bonds. The van der Waals surface area contributed by atoms with Crippen LogP contribution >= 0.6 is 12.4 Å². The van der Waals surface area contributed by atoms with Gasteiger partial charge >= 0.3 is 0 Å². The number of nitrogens with two attached hydrogens (primary N) is 1. The fourth-order valence-electron chi connectivity index (χ4n) is 3.31. The van der Waals surface area contributed by atoms with Crippen molar-refractivity contribution < 1.29 is 9.53 Å². The van der Waals surface area contributed by atoms with Crippen LogP contribution in [0.25, 0.3) is 11.1 Å². The lowest BCUT2D eigenvalue weighted by atomic mass is 9.79. The summed E-state index contributed by atoms with van der Waals surface area (Å²) < 4.78 is 5.39. The molecule has 1 aliphatic heterocycles. The standard InChI is InChI=1S/C21H26N2O2.ClH/c1-16(23-20(24)21(15-22)11-13-25-14-12-21)17-7-9-19(10-8-17)18-5-3-2-4-6-18;/h2-10,16H,11-15,22H2,1H3,(H,23,24);1H. The van der Waals surface area contributed by atoms with E-state index >= 15 is 0 Å². The molecule has 0 saturated carbocycles. The molecule has 0 aliphatic carbocycles. The molecule has 2 aromatic rings. The lowest BCUT2D eigenvalue weighted by Crippen LogP contribution is -2.49. The molecule has 1 heterocycles. The Morgan fingerprint density at radius 3 is 2.23 bits per heavy atom. The normalized spacial score (nSPS) is 17.0. The maximum Gasteiger partial charge on any atom is 0.228 e. The van der Waals surface area contributed by atoms with E-state index in [1.54, 1.807) is 0 Å². The van der Waals surface area contributed by atoms with Gasteiger partial charge in [0.05, 0.1) is 11.5 Å². The third kappa shape index (κ3) is 4.44. The summed E-state index contributed by atoms with van der Waals surface area (Å²) in [5, 5.41) is 3.14. The van der Waals surface area contributed by atoms with Gasteiger partial charge in [0.1, 0.15) is 0 Å². The Morgan fingerprint density at radius 2 is 1.65 bits per heavy atom. The minimum Gasteiger partial charge on any atom is -0.381 e. The molecule has 0 aromatic heterocycles. The minimum absolute atomic E-state index is 0. The Morgan fingerprint density at radius 1 is 1.08 bits per heavy atom. The number of amides is 1. The number of carbonyl (C=O) groups excluding carboxylic acids is 1. The van der Waals surface area contributed by atoms with E-state index in [0.717, 1.165) is 5.56 Å². The molecule has 1 fully saturated rings. The highest BCUT2D eigenvalue weighted by molar-refractivity contribution is 5.85. The topological polar surface area (TPSA) is 64.4 Å². The molecule has 0 bridgehead atoms. The molecule has 140 valence electrons. The van der Waals surface area contributed by atoms with Crippen LogP contribution in [0.2, 0.25) is 0 Å². The van der Waals surface area contributed by atoms with Gasteiger partial charge in [-0.05, 0) is 36.5 Å². The summed E-state index contributed by atoms with van der Waals surface area (Å²) in [6, 6.07) is 18.6. The largest absolute Gasteiger partial charge is 0.381 e. The first-order valence-corrected chi connectivity index (χ1v) is 8.89. The zero-order chi connectivity index (χ0) is 17.7. The fourth-order valence-corrected chi connectivity index (χ4v) is 3.31. The van der Waals surface area contributed by atoms with Crippen molar-refractivity contribution in [3.8, 4) is 11.1 Å². The Labute approximate surface area is 161 Å². The van der Waals surface area contributed by atoms with Crippen molar-refractivity contribution in [2.75, 3.05) is 19.8 Å². The molecule has 3 N–H and O–H groups in total. The van der Waals surface area contributed by atoms with E-state index in [1.165, 1.54) is 11.1 Å². The second-order valence-corrected chi connectivity index (χ2v) is 6.78. The quantitative estimate of drug-likeness (QED) is 0.838. The van der Waals surface area contributed by atoms with Crippen molar-refractivity contribution in [1.82, 2.24) is 5.32 Å². The van der Waals surface area contributed by atoms with E-state index in [0.29, 0.717) is 32.6 Å². The van der Waals surface area contributed by atoms with Gasteiger partial charge in [0.25, 0.3) is 0 Å². The average molecular weight is 375 g/mol. The van der Waals surface area contributed by atoms with Gasteiger partial charge in [0, 0.05) is 19.8 Å². The molecule has 2 aromatic carbocycles. The zero-order valence-electron chi connectivity index (χ0n) is 15.1. The van der Waals surface area contributed by atoms with Crippen LogP contribution in [0.4, 0.5) is 0 Å². The van der Waals surface area contributed by atoms with E-state index in [9.17, 15) is 4.79 Å². The SMILES string of the molecule is CC(NC(=O)C1(CN)CCOCC1)c1ccc(-c2ccccc2)cc1.Cl. The fraction of sp³-hybridized carbons (Fsp3) is 0.381. The van der Waals surface area contributed by atoms with Crippen molar-refractivity contribution in [3.63, 3.8) is 0 Å². The molecule has 1 aliphatic rings. The lowest BCUT2D eigenvalue weighted by molar-refractivity contribution is -0.136. The average Bonchev–Trinajstić information content (AvgIpc) is 2.69. The van der Waals surface area contributed by atoms with Crippen molar-refractivity contribution in [3.05, 3.63) is 60.2 Å². The van der Waals surface area contributed by atoms with Crippen LogP contribution < -0.4 is 11.1 Å². The Bertz CT molecular complexity index is 698. The summed E-state index contributed by atoms with van der Waals surface area (Å²) in [6.45, 7) is 3.58. The van der Waals surface area contributed by atoms with Crippen molar-refractivity contribution in [2.24, 2.45) is 11.1 Å². The predicted molar refractivity (Wildman–Crippen MR) is 107 cm³/mol. The smallest absolute Gasteiger partial charge is 0.228 e. The highest BCUT2D eigenvalue weighted by atomic mass is 35.5. The Hall–Kier alpha value is -1.88. The maximum atomic E-state index is 12.8. The predicted octanol–water partition coefficient (Wildman–Crippen LogP) is 3.71. The molecule has 26 heavy (non-hydrogen) atoms. The Balaban J connectivity index is 0.00000243. The van der Waals surface area contributed by atoms with Gasteiger partial charge in [-0.1, -0.05) is 54.6 Å². The van der Waals surface area contributed by atoms with Gasteiger partial charge in [-0.15, -0.1) is 12.4 Å². The van der Waals surface area contributed by atoms with Crippen LogP contribution in [-0.2, 0) is 9.53 Å². The minimum atomic E-state index is -0.490.